The topological polar surface area (TPSA) is 27.6 Å². The van der Waals surface area contributed by atoms with Crippen LogP contribution >= 0.6 is 0 Å². The van der Waals surface area contributed by atoms with E-state index in [0.29, 0.717) is 6.04 Å². The van der Waals surface area contributed by atoms with Crippen LogP contribution in [0.25, 0.3) is 0 Å². The fourth-order valence-electron chi connectivity index (χ4n) is 4.83. The van der Waals surface area contributed by atoms with Crippen molar-refractivity contribution in [1.29, 1.82) is 0 Å². The number of hydrogen-bond acceptors (Lipinski definition) is 3. The minimum Gasteiger partial charge on any atom is -0.295 e. The lowest BCUT2D eigenvalue weighted by Crippen LogP contribution is -2.52. The van der Waals surface area contributed by atoms with Crippen molar-refractivity contribution >= 4 is 11.4 Å². The van der Waals surface area contributed by atoms with E-state index in [1.165, 1.54) is 30.7 Å². The van der Waals surface area contributed by atoms with Gasteiger partial charge < -0.3 is 0 Å². The van der Waals surface area contributed by atoms with Crippen LogP contribution in [0.1, 0.15) is 38.2 Å². The number of piperidine rings is 1. The van der Waals surface area contributed by atoms with Gasteiger partial charge >= 0.3 is 0 Å². The van der Waals surface area contributed by atoms with Crippen molar-refractivity contribution < 1.29 is 0 Å². The van der Waals surface area contributed by atoms with Crippen molar-refractivity contribution in [1.82, 2.24) is 4.90 Å². The molecule has 3 nitrogen and oxygen atoms in total. The van der Waals surface area contributed by atoms with E-state index >= 15 is 0 Å². The van der Waals surface area contributed by atoms with Gasteiger partial charge in [-0.3, -0.25) is 10.3 Å². The number of fused-ring (bicyclic) bond motifs is 2. The second kappa shape index (κ2) is 8.05. The normalized spacial score (nSPS) is 27.4. The fraction of sp³-hybridized carbons (Fsp3) is 0.435. The molecule has 26 heavy (non-hydrogen) atoms. The summed E-state index contributed by atoms with van der Waals surface area (Å²) in [6.45, 7) is 4.65. The lowest BCUT2D eigenvalue weighted by atomic mass is 9.69. The van der Waals surface area contributed by atoms with Crippen LogP contribution in [0.15, 0.2) is 65.8 Å². The Kier molecular flexibility index (Phi) is 5.35. The zero-order valence-corrected chi connectivity index (χ0v) is 15.6. The van der Waals surface area contributed by atoms with Crippen LogP contribution in [0.3, 0.4) is 0 Å². The standard InChI is InChI=1S/C23H29N3/c1-2-22-19-13-14-26(17-18-9-5-3-6-10-18)23(22)16-21(15-19)25-24-20-11-7-4-8-12-20/h3-12,19,22-24H,2,13-17H2,1H3/b25-21+/t19-,22+,23+/m1/s1. The van der Waals surface area contributed by atoms with E-state index in [2.05, 4.69) is 59.7 Å². The number of hydrogen-bond donors (Lipinski definition) is 1. The summed E-state index contributed by atoms with van der Waals surface area (Å²) < 4.78 is 0. The second-order valence-corrected chi connectivity index (χ2v) is 7.71. The Morgan fingerprint density at radius 1 is 1.00 bits per heavy atom. The molecule has 0 spiro atoms. The lowest BCUT2D eigenvalue weighted by molar-refractivity contribution is 0.0345. The Hall–Kier alpha value is -2.13. The number of hydrazone groups is 1. The van der Waals surface area contributed by atoms with Gasteiger partial charge in [0, 0.05) is 24.7 Å². The molecule has 0 radical (unpaired) electrons. The largest absolute Gasteiger partial charge is 0.295 e. The highest BCUT2D eigenvalue weighted by molar-refractivity contribution is 5.87. The molecule has 136 valence electrons. The van der Waals surface area contributed by atoms with Crippen LogP contribution in [-0.4, -0.2) is 23.2 Å². The SMILES string of the molecule is CC[C@H]1[C@@H]2CCN(Cc3ccccc3)[C@H]1C/C(=N/Nc1ccccc1)C2. The molecule has 1 aliphatic heterocycles. The molecule has 1 heterocycles. The smallest absolute Gasteiger partial charge is 0.0561 e. The molecular weight excluding hydrogens is 318 g/mol. The first-order chi connectivity index (χ1) is 12.8. The molecule has 3 atom stereocenters. The molecular formula is C23H29N3. The summed E-state index contributed by atoms with van der Waals surface area (Å²) in [7, 11) is 0. The molecule has 0 aromatic heterocycles. The Balaban J connectivity index is 1.49. The Bertz CT molecular complexity index is 726. The van der Waals surface area contributed by atoms with E-state index in [0.717, 1.165) is 36.9 Å². The molecule has 0 unspecified atom stereocenters. The molecule has 1 saturated carbocycles. The zero-order valence-electron chi connectivity index (χ0n) is 15.6. The fourth-order valence-corrected chi connectivity index (χ4v) is 4.83. The number of anilines is 1. The van der Waals surface area contributed by atoms with Crippen LogP contribution in [-0.2, 0) is 6.54 Å². The highest BCUT2D eigenvalue weighted by atomic mass is 15.3. The third-order valence-electron chi connectivity index (χ3n) is 6.12. The van der Waals surface area contributed by atoms with Gasteiger partial charge in [0.15, 0.2) is 0 Å². The Labute approximate surface area is 157 Å². The van der Waals surface area contributed by atoms with Crippen LogP contribution in [0, 0.1) is 11.8 Å². The van der Waals surface area contributed by atoms with E-state index in [9.17, 15) is 0 Å². The van der Waals surface area contributed by atoms with Gasteiger partial charge in [0.2, 0.25) is 0 Å². The monoisotopic (exact) mass is 347 g/mol. The van der Waals surface area contributed by atoms with Gasteiger partial charge in [-0.2, -0.15) is 5.10 Å². The number of nitrogens with zero attached hydrogens (tertiary/aromatic N) is 2. The molecule has 3 heteroatoms. The molecule has 2 aromatic carbocycles. The predicted octanol–water partition coefficient (Wildman–Crippen LogP) is 5.17. The van der Waals surface area contributed by atoms with Gasteiger partial charge in [-0.05, 0) is 48.9 Å². The summed E-state index contributed by atoms with van der Waals surface area (Å²) in [5.74, 6) is 1.60. The summed E-state index contributed by atoms with van der Waals surface area (Å²) in [6, 6.07) is 21.8. The second-order valence-electron chi connectivity index (χ2n) is 7.71. The maximum atomic E-state index is 4.79. The molecule has 2 fully saturated rings. The van der Waals surface area contributed by atoms with Crippen molar-refractivity contribution in [3.05, 3.63) is 66.2 Å². The first kappa shape index (κ1) is 17.3. The van der Waals surface area contributed by atoms with Crippen LogP contribution < -0.4 is 5.43 Å². The van der Waals surface area contributed by atoms with Crippen molar-refractivity contribution in [2.75, 3.05) is 12.0 Å². The maximum Gasteiger partial charge on any atom is 0.0561 e. The van der Waals surface area contributed by atoms with Gasteiger partial charge in [-0.1, -0.05) is 61.9 Å². The molecule has 0 amide bonds. The summed E-state index contributed by atoms with van der Waals surface area (Å²) in [4.78, 5) is 2.71. The van der Waals surface area contributed by atoms with E-state index in [-0.39, 0.29) is 0 Å². The highest BCUT2D eigenvalue weighted by Crippen LogP contribution is 2.41. The van der Waals surface area contributed by atoms with Gasteiger partial charge in [-0.25, -0.2) is 0 Å². The van der Waals surface area contributed by atoms with Gasteiger partial charge in [0.05, 0.1) is 5.69 Å². The van der Waals surface area contributed by atoms with Crippen LogP contribution in [0.2, 0.25) is 0 Å². The summed E-state index contributed by atoms with van der Waals surface area (Å²) >= 11 is 0. The molecule has 2 bridgehead atoms. The van der Waals surface area contributed by atoms with Gasteiger partial charge in [-0.15, -0.1) is 0 Å². The molecule has 1 aliphatic carbocycles. The Morgan fingerprint density at radius 3 is 2.46 bits per heavy atom. The summed E-state index contributed by atoms with van der Waals surface area (Å²) in [6.07, 6.45) is 4.84. The molecule has 1 N–H and O–H groups in total. The predicted molar refractivity (Wildman–Crippen MR) is 109 cm³/mol. The molecule has 4 rings (SSSR count). The molecule has 2 aromatic rings. The number of rotatable bonds is 5. The molecule has 2 aliphatic rings. The van der Waals surface area contributed by atoms with E-state index in [1.54, 1.807) is 0 Å². The Morgan fingerprint density at radius 2 is 1.73 bits per heavy atom. The quantitative estimate of drug-likeness (QED) is 0.756. The number of likely N-dealkylation sites (tertiary alicyclic amines) is 1. The van der Waals surface area contributed by atoms with Crippen LogP contribution in [0.5, 0.6) is 0 Å². The minimum atomic E-state index is 0.629. The zero-order chi connectivity index (χ0) is 17.8. The summed E-state index contributed by atoms with van der Waals surface area (Å²) in [5.41, 5.74) is 7.11. The highest BCUT2D eigenvalue weighted by Gasteiger charge is 2.41. The lowest BCUT2D eigenvalue weighted by Gasteiger charge is -2.49. The average Bonchev–Trinajstić information content (AvgIpc) is 2.69. The first-order valence-corrected chi connectivity index (χ1v) is 9.98. The summed E-state index contributed by atoms with van der Waals surface area (Å²) in [5, 5.41) is 4.79. The van der Waals surface area contributed by atoms with E-state index in [1.807, 2.05) is 18.2 Å². The van der Waals surface area contributed by atoms with Crippen LogP contribution in [0.4, 0.5) is 5.69 Å². The average molecular weight is 348 g/mol. The molecule has 1 saturated heterocycles. The van der Waals surface area contributed by atoms with Crippen molar-refractivity contribution in [3.63, 3.8) is 0 Å². The number of nitrogens with one attached hydrogen (secondary N) is 1. The third kappa shape index (κ3) is 3.83. The van der Waals surface area contributed by atoms with Gasteiger partial charge in [0.25, 0.3) is 0 Å². The number of benzene rings is 2. The first-order valence-electron chi connectivity index (χ1n) is 9.98. The van der Waals surface area contributed by atoms with Gasteiger partial charge in [0.1, 0.15) is 0 Å². The third-order valence-corrected chi connectivity index (χ3v) is 6.12. The maximum absolute atomic E-state index is 4.79. The van der Waals surface area contributed by atoms with Crippen molar-refractivity contribution in [3.8, 4) is 0 Å². The van der Waals surface area contributed by atoms with Crippen molar-refractivity contribution in [2.24, 2.45) is 16.9 Å². The van der Waals surface area contributed by atoms with Crippen molar-refractivity contribution in [2.45, 2.75) is 45.2 Å². The van der Waals surface area contributed by atoms with E-state index in [4.69, 9.17) is 5.10 Å². The van der Waals surface area contributed by atoms with E-state index < -0.39 is 0 Å². The number of para-hydroxylation sites is 1. The minimum absolute atomic E-state index is 0.629.